The molecular weight excluding hydrogens is 477 g/mol. The van der Waals surface area contributed by atoms with Crippen LogP contribution in [0.25, 0.3) is 11.1 Å². The van der Waals surface area contributed by atoms with E-state index in [0.29, 0.717) is 29.4 Å². The van der Waals surface area contributed by atoms with Crippen molar-refractivity contribution in [2.45, 2.75) is 12.9 Å². The van der Waals surface area contributed by atoms with Crippen LogP contribution >= 0.6 is 0 Å². The normalized spacial score (nSPS) is 11.1. The number of nitrogens with zero attached hydrogens (tertiary/aromatic N) is 3. The number of methoxy groups -OCH3 is 2. The summed E-state index contributed by atoms with van der Waals surface area (Å²) in [7, 11) is 2.84. The van der Waals surface area contributed by atoms with Crippen molar-refractivity contribution in [1.82, 2.24) is 15.0 Å². The van der Waals surface area contributed by atoms with Crippen LogP contribution < -0.4 is 14.8 Å². The molecule has 0 radical (unpaired) electrons. The van der Waals surface area contributed by atoms with Crippen LogP contribution in [0.5, 0.6) is 11.5 Å². The number of nitrogens with one attached hydrogen (secondary N) is 1. The van der Waals surface area contributed by atoms with E-state index in [2.05, 4.69) is 20.4 Å². The predicted octanol–water partition coefficient (Wildman–Crippen LogP) is 5.43. The number of anilines is 2. The van der Waals surface area contributed by atoms with Gasteiger partial charge in [-0.1, -0.05) is 41.6 Å². The minimum Gasteiger partial charge on any atom is -0.497 e. The van der Waals surface area contributed by atoms with Crippen molar-refractivity contribution < 1.29 is 32.2 Å². The third-order valence-corrected chi connectivity index (χ3v) is 5.17. The second-order valence-corrected chi connectivity index (χ2v) is 7.56. The number of alkyl halides is 3. The number of rotatable bonds is 8. The fourth-order valence-corrected chi connectivity index (χ4v) is 3.42. The molecule has 0 spiro atoms. The van der Waals surface area contributed by atoms with Gasteiger partial charge < -0.3 is 19.5 Å². The van der Waals surface area contributed by atoms with Gasteiger partial charge in [0.05, 0.1) is 20.8 Å². The van der Waals surface area contributed by atoms with E-state index in [-0.39, 0.29) is 11.4 Å². The molecule has 0 amide bonds. The van der Waals surface area contributed by atoms with Crippen LogP contribution in [0, 0.1) is 0 Å². The molecule has 11 heteroatoms. The first-order valence-electron chi connectivity index (χ1n) is 10.6. The lowest BCUT2D eigenvalue weighted by atomic mass is 10.1. The van der Waals surface area contributed by atoms with Crippen molar-refractivity contribution >= 4 is 17.5 Å². The first-order valence-corrected chi connectivity index (χ1v) is 10.6. The number of ether oxygens (including phenoxy) is 3. The Morgan fingerprint density at radius 3 is 2.03 bits per heavy atom. The zero-order valence-electron chi connectivity index (χ0n) is 19.2. The fourth-order valence-electron chi connectivity index (χ4n) is 3.42. The molecule has 0 fully saturated rings. The van der Waals surface area contributed by atoms with Gasteiger partial charge in [0, 0.05) is 5.69 Å². The molecular formula is C25H21F3N4O4. The lowest BCUT2D eigenvalue weighted by molar-refractivity contribution is -0.274. The Kier molecular flexibility index (Phi) is 7.09. The Hall–Kier alpha value is -4.54. The molecule has 1 N–H and O–H groups in total. The van der Waals surface area contributed by atoms with E-state index < -0.39 is 12.3 Å². The largest absolute Gasteiger partial charge is 0.573 e. The summed E-state index contributed by atoms with van der Waals surface area (Å²) in [5.74, 6) is 0.126. The summed E-state index contributed by atoms with van der Waals surface area (Å²) in [6, 6.07) is 20.1. The van der Waals surface area contributed by atoms with Gasteiger partial charge >= 0.3 is 12.3 Å². The first-order chi connectivity index (χ1) is 17.3. The molecule has 0 aliphatic carbocycles. The number of carbonyl (C=O) groups is 1. The molecule has 1 heterocycles. The monoisotopic (exact) mass is 498 g/mol. The fraction of sp³-hybridized carbons (Fsp3) is 0.160. The average Bonchev–Trinajstić information content (AvgIpc) is 3.26. The Bertz CT molecular complexity index is 1320. The van der Waals surface area contributed by atoms with Crippen LogP contribution in [0.1, 0.15) is 16.1 Å². The van der Waals surface area contributed by atoms with Crippen molar-refractivity contribution in [2.24, 2.45) is 0 Å². The Morgan fingerprint density at radius 2 is 1.47 bits per heavy atom. The van der Waals surface area contributed by atoms with Gasteiger partial charge in [0.25, 0.3) is 0 Å². The average molecular weight is 498 g/mol. The molecule has 0 aliphatic heterocycles. The maximum atomic E-state index is 12.4. The summed E-state index contributed by atoms with van der Waals surface area (Å²) in [5.41, 5.74) is 3.05. The van der Waals surface area contributed by atoms with Crippen molar-refractivity contribution in [3.8, 4) is 22.6 Å². The number of benzene rings is 3. The SMILES string of the molecule is COC(=O)c1nnn(Cc2ccc(OC)cc2)c1Nc1ccc(-c2ccc(OC(F)(F)F)cc2)cc1. The predicted molar refractivity (Wildman–Crippen MR) is 125 cm³/mol. The van der Waals surface area contributed by atoms with E-state index in [1.165, 1.54) is 31.4 Å². The van der Waals surface area contributed by atoms with Gasteiger partial charge in [0.1, 0.15) is 11.5 Å². The summed E-state index contributed by atoms with van der Waals surface area (Å²) in [4.78, 5) is 12.3. The van der Waals surface area contributed by atoms with Gasteiger partial charge in [-0.25, -0.2) is 9.48 Å². The van der Waals surface area contributed by atoms with Crippen molar-refractivity contribution in [3.05, 3.63) is 84.1 Å². The van der Waals surface area contributed by atoms with Gasteiger partial charge in [-0.3, -0.25) is 0 Å². The molecule has 36 heavy (non-hydrogen) atoms. The Balaban J connectivity index is 1.54. The maximum absolute atomic E-state index is 12.4. The summed E-state index contributed by atoms with van der Waals surface area (Å²) < 4.78 is 52.6. The zero-order valence-corrected chi connectivity index (χ0v) is 19.2. The highest BCUT2D eigenvalue weighted by atomic mass is 19.4. The number of halogens is 3. The number of aromatic nitrogens is 3. The van der Waals surface area contributed by atoms with Crippen molar-refractivity contribution in [1.29, 1.82) is 0 Å². The first kappa shape index (κ1) is 24.6. The van der Waals surface area contributed by atoms with Gasteiger partial charge in [0.2, 0.25) is 5.69 Å². The summed E-state index contributed by atoms with van der Waals surface area (Å²) in [5, 5.41) is 11.2. The van der Waals surface area contributed by atoms with Crippen molar-refractivity contribution in [3.63, 3.8) is 0 Å². The minimum absolute atomic E-state index is 0.0235. The Labute approximate surface area is 204 Å². The molecule has 3 aromatic carbocycles. The van der Waals surface area contributed by atoms with E-state index >= 15 is 0 Å². The number of carbonyl (C=O) groups excluding carboxylic acids is 1. The summed E-state index contributed by atoms with van der Waals surface area (Å²) in [6.45, 7) is 0.334. The van der Waals surface area contributed by atoms with Crippen molar-refractivity contribution in [2.75, 3.05) is 19.5 Å². The molecule has 0 atom stereocenters. The van der Waals surface area contributed by atoms with Crippen LogP contribution in [0.15, 0.2) is 72.8 Å². The van der Waals surface area contributed by atoms with Crippen LogP contribution in [0.3, 0.4) is 0 Å². The number of esters is 1. The maximum Gasteiger partial charge on any atom is 0.573 e. The van der Waals surface area contributed by atoms with Crippen LogP contribution in [0.4, 0.5) is 24.7 Å². The van der Waals surface area contributed by atoms with Gasteiger partial charge in [0.15, 0.2) is 5.82 Å². The van der Waals surface area contributed by atoms with E-state index in [9.17, 15) is 18.0 Å². The highest BCUT2D eigenvalue weighted by Gasteiger charge is 2.31. The zero-order chi connectivity index (χ0) is 25.7. The molecule has 0 bridgehead atoms. The van der Waals surface area contributed by atoms with E-state index in [0.717, 1.165) is 11.1 Å². The minimum atomic E-state index is -4.74. The van der Waals surface area contributed by atoms with Crippen LogP contribution in [-0.2, 0) is 11.3 Å². The molecule has 186 valence electrons. The molecule has 0 saturated heterocycles. The van der Waals surface area contributed by atoms with Gasteiger partial charge in [-0.15, -0.1) is 18.3 Å². The van der Waals surface area contributed by atoms with E-state index in [1.54, 1.807) is 36.1 Å². The quantitative estimate of drug-likeness (QED) is 0.324. The molecule has 4 aromatic rings. The highest BCUT2D eigenvalue weighted by molar-refractivity contribution is 5.93. The summed E-state index contributed by atoms with van der Waals surface area (Å²) >= 11 is 0. The van der Waals surface area contributed by atoms with Gasteiger partial charge in [-0.05, 0) is 53.1 Å². The molecule has 8 nitrogen and oxygen atoms in total. The van der Waals surface area contributed by atoms with E-state index in [4.69, 9.17) is 9.47 Å². The molecule has 0 aliphatic rings. The number of hydrogen-bond donors (Lipinski definition) is 1. The second kappa shape index (κ2) is 10.4. The molecule has 0 saturated carbocycles. The van der Waals surface area contributed by atoms with Crippen LogP contribution in [-0.4, -0.2) is 41.5 Å². The standard InChI is InChI=1S/C25H21F3N4O4/c1-34-20-11-3-16(4-12-20)15-32-23(22(30-31-32)24(33)35-2)29-19-9-5-17(6-10-19)18-7-13-21(14-8-18)36-25(26,27)28/h3-14,29H,15H2,1-2H3. The smallest absolute Gasteiger partial charge is 0.497 e. The third kappa shape index (κ3) is 5.93. The molecule has 0 unspecified atom stereocenters. The number of hydrogen-bond acceptors (Lipinski definition) is 7. The third-order valence-electron chi connectivity index (χ3n) is 5.17. The molecule has 1 aromatic heterocycles. The highest BCUT2D eigenvalue weighted by Crippen LogP contribution is 2.28. The van der Waals surface area contributed by atoms with Gasteiger partial charge in [-0.2, -0.15) is 0 Å². The summed E-state index contributed by atoms with van der Waals surface area (Å²) in [6.07, 6.45) is -4.74. The second-order valence-electron chi connectivity index (χ2n) is 7.56. The Morgan fingerprint density at radius 1 is 0.889 bits per heavy atom. The van der Waals surface area contributed by atoms with E-state index in [1.807, 2.05) is 24.3 Å². The van der Waals surface area contributed by atoms with Crippen LogP contribution in [0.2, 0.25) is 0 Å². The lowest BCUT2D eigenvalue weighted by Crippen LogP contribution is -2.16. The topological polar surface area (TPSA) is 87.5 Å². The lowest BCUT2D eigenvalue weighted by Gasteiger charge is -2.12. The molecule has 4 rings (SSSR count).